The Balaban J connectivity index is 1.78. The van der Waals surface area contributed by atoms with Gasteiger partial charge in [-0.3, -0.25) is 0 Å². The Labute approximate surface area is 99.9 Å². The molecular formula is C12H15N5. The van der Waals surface area contributed by atoms with E-state index < -0.39 is 0 Å². The highest BCUT2D eigenvalue weighted by Gasteiger charge is 2.16. The third-order valence-electron chi connectivity index (χ3n) is 3.21. The molecule has 88 valence electrons. The van der Waals surface area contributed by atoms with Crippen molar-refractivity contribution in [3.63, 3.8) is 0 Å². The van der Waals surface area contributed by atoms with Crippen molar-refractivity contribution in [3.8, 4) is 0 Å². The first-order valence-electron chi connectivity index (χ1n) is 5.87. The highest BCUT2D eigenvalue weighted by molar-refractivity contribution is 5.47. The normalized spacial score (nSPS) is 13.7. The van der Waals surface area contributed by atoms with Crippen molar-refractivity contribution in [2.24, 2.45) is 7.05 Å². The van der Waals surface area contributed by atoms with Crippen molar-refractivity contribution in [2.75, 3.05) is 5.32 Å². The van der Waals surface area contributed by atoms with Gasteiger partial charge in [-0.15, -0.1) is 0 Å². The third kappa shape index (κ3) is 1.88. The molecule has 17 heavy (non-hydrogen) atoms. The summed E-state index contributed by atoms with van der Waals surface area (Å²) in [7, 11) is 1.99. The maximum atomic E-state index is 4.32. The van der Waals surface area contributed by atoms with Crippen molar-refractivity contribution in [1.82, 2.24) is 19.5 Å². The molecule has 0 fully saturated rings. The molecule has 3 rings (SSSR count). The number of aromatic nitrogens is 4. The fraction of sp³-hybridized carbons (Fsp3) is 0.417. The second-order valence-corrected chi connectivity index (χ2v) is 4.31. The first kappa shape index (κ1) is 10.3. The molecule has 0 bridgehead atoms. The number of hydrogen-bond donors (Lipinski definition) is 1. The van der Waals surface area contributed by atoms with E-state index in [1.165, 1.54) is 17.7 Å². The van der Waals surface area contributed by atoms with E-state index in [0.717, 1.165) is 24.5 Å². The van der Waals surface area contributed by atoms with Crippen LogP contribution in [-0.2, 0) is 26.4 Å². The summed E-state index contributed by atoms with van der Waals surface area (Å²) in [6.07, 6.45) is 8.74. The SMILES string of the molecule is Cn1ccnc1CNc1ncnc2c1CCC2. The smallest absolute Gasteiger partial charge is 0.133 e. The van der Waals surface area contributed by atoms with Crippen LogP contribution >= 0.6 is 0 Å². The molecule has 0 saturated carbocycles. The average molecular weight is 229 g/mol. The van der Waals surface area contributed by atoms with E-state index >= 15 is 0 Å². The predicted molar refractivity (Wildman–Crippen MR) is 64.6 cm³/mol. The van der Waals surface area contributed by atoms with Crippen LogP contribution < -0.4 is 5.32 Å². The molecule has 2 heterocycles. The summed E-state index contributed by atoms with van der Waals surface area (Å²) in [6, 6.07) is 0. The van der Waals surface area contributed by atoms with Gasteiger partial charge in [0, 0.05) is 30.7 Å². The molecular weight excluding hydrogens is 214 g/mol. The van der Waals surface area contributed by atoms with Gasteiger partial charge in [0.05, 0.1) is 6.54 Å². The zero-order chi connectivity index (χ0) is 11.7. The number of hydrogen-bond acceptors (Lipinski definition) is 4. The van der Waals surface area contributed by atoms with Crippen LogP contribution in [0.1, 0.15) is 23.5 Å². The molecule has 0 atom stereocenters. The van der Waals surface area contributed by atoms with Crippen LogP contribution in [0.15, 0.2) is 18.7 Å². The topological polar surface area (TPSA) is 55.6 Å². The van der Waals surface area contributed by atoms with E-state index in [4.69, 9.17) is 0 Å². The molecule has 5 heteroatoms. The van der Waals surface area contributed by atoms with Crippen LogP contribution in [0.4, 0.5) is 5.82 Å². The van der Waals surface area contributed by atoms with Crippen LogP contribution in [0.5, 0.6) is 0 Å². The highest BCUT2D eigenvalue weighted by atomic mass is 15.1. The van der Waals surface area contributed by atoms with E-state index in [1.54, 1.807) is 12.5 Å². The number of nitrogens with zero attached hydrogens (tertiary/aromatic N) is 4. The molecule has 1 N–H and O–H groups in total. The summed E-state index contributed by atoms with van der Waals surface area (Å²) in [4.78, 5) is 12.9. The largest absolute Gasteiger partial charge is 0.363 e. The molecule has 0 aliphatic heterocycles. The lowest BCUT2D eigenvalue weighted by Crippen LogP contribution is -2.09. The molecule has 1 aliphatic carbocycles. The molecule has 2 aromatic rings. The summed E-state index contributed by atoms with van der Waals surface area (Å²) >= 11 is 0. The van der Waals surface area contributed by atoms with Gasteiger partial charge in [0.1, 0.15) is 18.0 Å². The van der Waals surface area contributed by atoms with Gasteiger partial charge in [-0.2, -0.15) is 0 Å². The van der Waals surface area contributed by atoms with Crippen LogP contribution in [-0.4, -0.2) is 19.5 Å². The van der Waals surface area contributed by atoms with Gasteiger partial charge >= 0.3 is 0 Å². The second-order valence-electron chi connectivity index (χ2n) is 4.31. The Morgan fingerprint density at radius 1 is 1.29 bits per heavy atom. The fourth-order valence-electron chi connectivity index (χ4n) is 2.24. The minimum Gasteiger partial charge on any atom is -0.363 e. The Morgan fingerprint density at radius 3 is 3.06 bits per heavy atom. The summed E-state index contributed by atoms with van der Waals surface area (Å²) in [5, 5.41) is 3.35. The first-order chi connectivity index (χ1) is 8.34. The van der Waals surface area contributed by atoms with Crippen LogP contribution in [0.3, 0.4) is 0 Å². The lowest BCUT2D eigenvalue weighted by molar-refractivity contribution is 0.809. The number of fused-ring (bicyclic) bond motifs is 1. The van der Waals surface area contributed by atoms with E-state index in [0.29, 0.717) is 6.54 Å². The van der Waals surface area contributed by atoms with Crippen molar-refractivity contribution < 1.29 is 0 Å². The van der Waals surface area contributed by atoms with Gasteiger partial charge in [-0.05, 0) is 19.3 Å². The minimum atomic E-state index is 0.701. The Bertz CT molecular complexity index is 531. The van der Waals surface area contributed by atoms with Crippen molar-refractivity contribution in [1.29, 1.82) is 0 Å². The van der Waals surface area contributed by atoms with E-state index in [1.807, 2.05) is 17.8 Å². The summed E-state index contributed by atoms with van der Waals surface area (Å²) in [5.74, 6) is 1.98. The van der Waals surface area contributed by atoms with Crippen molar-refractivity contribution >= 4 is 5.82 Å². The fourth-order valence-corrected chi connectivity index (χ4v) is 2.24. The zero-order valence-corrected chi connectivity index (χ0v) is 9.85. The van der Waals surface area contributed by atoms with E-state index in [-0.39, 0.29) is 0 Å². The maximum Gasteiger partial charge on any atom is 0.133 e. The van der Waals surface area contributed by atoms with Gasteiger partial charge in [-0.1, -0.05) is 0 Å². The van der Waals surface area contributed by atoms with Gasteiger partial charge in [0.15, 0.2) is 0 Å². The molecule has 0 spiro atoms. The molecule has 0 saturated heterocycles. The minimum absolute atomic E-state index is 0.701. The average Bonchev–Trinajstić information content (AvgIpc) is 2.95. The monoisotopic (exact) mass is 229 g/mol. The Morgan fingerprint density at radius 2 is 2.24 bits per heavy atom. The van der Waals surface area contributed by atoms with Gasteiger partial charge < -0.3 is 9.88 Å². The number of aryl methyl sites for hydroxylation is 2. The number of imidazole rings is 1. The number of nitrogens with one attached hydrogen (secondary N) is 1. The van der Waals surface area contributed by atoms with Gasteiger partial charge in [0.25, 0.3) is 0 Å². The van der Waals surface area contributed by atoms with Gasteiger partial charge in [-0.25, -0.2) is 15.0 Å². The molecule has 0 unspecified atom stereocenters. The summed E-state index contributed by atoms with van der Waals surface area (Å²) in [5.41, 5.74) is 2.48. The van der Waals surface area contributed by atoms with Crippen molar-refractivity contribution in [2.45, 2.75) is 25.8 Å². The van der Waals surface area contributed by atoms with Crippen LogP contribution in [0.25, 0.3) is 0 Å². The predicted octanol–water partition coefficient (Wildman–Crippen LogP) is 1.31. The molecule has 5 nitrogen and oxygen atoms in total. The highest BCUT2D eigenvalue weighted by Crippen LogP contribution is 2.25. The molecule has 0 radical (unpaired) electrons. The van der Waals surface area contributed by atoms with E-state index in [9.17, 15) is 0 Å². The van der Waals surface area contributed by atoms with Crippen LogP contribution in [0, 0.1) is 0 Å². The quantitative estimate of drug-likeness (QED) is 0.862. The third-order valence-corrected chi connectivity index (χ3v) is 3.21. The maximum absolute atomic E-state index is 4.32. The summed E-state index contributed by atoms with van der Waals surface area (Å²) < 4.78 is 2.01. The zero-order valence-electron chi connectivity index (χ0n) is 9.85. The standard InChI is InChI=1S/C12H15N5/c1-17-6-5-13-11(17)7-14-12-9-3-2-4-10(9)15-8-16-12/h5-6,8H,2-4,7H2,1H3,(H,14,15,16). The van der Waals surface area contributed by atoms with E-state index in [2.05, 4.69) is 20.3 Å². The second kappa shape index (κ2) is 4.16. The molecule has 1 aliphatic rings. The van der Waals surface area contributed by atoms with Crippen molar-refractivity contribution in [3.05, 3.63) is 35.8 Å². The number of anilines is 1. The molecule has 0 aromatic carbocycles. The Kier molecular flexibility index (Phi) is 2.51. The number of rotatable bonds is 3. The summed E-state index contributed by atoms with van der Waals surface area (Å²) in [6.45, 7) is 0.701. The molecule has 2 aromatic heterocycles. The lowest BCUT2D eigenvalue weighted by atomic mass is 10.2. The first-order valence-corrected chi connectivity index (χ1v) is 5.87. The lowest BCUT2D eigenvalue weighted by Gasteiger charge is -2.09. The Hall–Kier alpha value is -1.91. The van der Waals surface area contributed by atoms with Gasteiger partial charge in [0.2, 0.25) is 0 Å². The van der Waals surface area contributed by atoms with Crippen LogP contribution in [0.2, 0.25) is 0 Å². The molecule has 0 amide bonds.